The van der Waals surface area contributed by atoms with Crippen molar-refractivity contribution in [2.45, 2.75) is 33.2 Å². The third-order valence-electron chi connectivity index (χ3n) is 3.08. The first-order valence-corrected chi connectivity index (χ1v) is 6.09. The molecule has 3 heteroatoms. The Balaban J connectivity index is 2.18. The summed E-state index contributed by atoms with van der Waals surface area (Å²) in [5, 5.41) is 0. The molecule has 0 spiro atoms. The fourth-order valence-corrected chi connectivity index (χ4v) is 1.98. The van der Waals surface area contributed by atoms with Crippen LogP contribution in [0.15, 0.2) is 0 Å². The molecule has 1 fully saturated rings. The maximum Gasteiger partial charge on any atom is 0.0593 e. The third kappa shape index (κ3) is 4.49. The molecule has 0 aliphatic carbocycles. The van der Waals surface area contributed by atoms with E-state index in [2.05, 4.69) is 37.5 Å². The summed E-state index contributed by atoms with van der Waals surface area (Å²) < 4.78 is 5.38. The largest absolute Gasteiger partial charge is 0.380 e. The molecule has 0 amide bonds. The average molecular weight is 214 g/mol. The van der Waals surface area contributed by atoms with Gasteiger partial charge in [0.05, 0.1) is 6.61 Å². The van der Waals surface area contributed by atoms with Crippen LogP contribution in [0.5, 0.6) is 0 Å². The van der Waals surface area contributed by atoms with Gasteiger partial charge in [-0.3, -0.25) is 9.80 Å². The summed E-state index contributed by atoms with van der Waals surface area (Å²) in [6.45, 7) is 16.5. The molecule has 0 aromatic heterocycles. The van der Waals surface area contributed by atoms with Gasteiger partial charge in [0.1, 0.15) is 0 Å². The lowest BCUT2D eigenvalue weighted by atomic mass is 10.1. The smallest absolute Gasteiger partial charge is 0.0593 e. The molecule has 0 radical (unpaired) electrons. The van der Waals surface area contributed by atoms with Crippen LogP contribution in [-0.2, 0) is 4.74 Å². The Hall–Kier alpha value is -0.120. The SMILES string of the molecule is CCOCCN1CCN(C(C)(C)C)CC1. The Kier molecular flexibility index (Phi) is 5.03. The maximum atomic E-state index is 5.38. The number of ether oxygens (including phenoxy) is 1. The molecule has 0 bridgehead atoms. The average Bonchev–Trinajstić information content (AvgIpc) is 2.18. The zero-order chi connectivity index (χ0) is 11.3. The lowest BCUT2D eigenvalue weighted by Crippen LogP contribution is -2.53. The Bertz CT molecular complexity index is 169. The van der Waals surface area contributed by atoms with Gasteiger partial charge in [0.25, 0.3) is 0 Å². The first-order chi connectivity index (χ1) is 7.04. The van der Waals surface area contributed by atoms with Gasteiger partial charge in [-0.05, 0) is 27.7 Å². The van der Waals surface area contributed by atoms with Gasteiger partial charge >= 0.3 is 0 Å². The van der Waals surface area contributed by atoms with E-state index in [9.17, 15) is 0 Å². The quantitative estimate of drug-likeness (QED) is 0.659. The Morgan fingerprint density at radius 2 is 1.67 bits per heavy atom. The highest BCUT2D eigenvalue weighted by molar-refractivity contribution is 4.81. The third-order valence-corrected chi connectivity index (χ3v) is 3.08. The lowest BCUT2D eigenvalue weighted by molar-refractivity contribution is 0.0437. The molecule has 0 unspecified atom stereocenters. The van der Waals surface area contributed by atoms with Gasteiger partial charge in [-0.2, -0.15) is 0 Å². The Morgan fingerprint density at radius 1 is 1.07 bits per heavy atom. The maximum absolute atomic E-state index is 5.38. The van der Waals surface area contributed by atoms with Gasteiger partial charge in [0.2, 0.25) is 0 Å². The summed E-state index contributed by atoms with van der Waals surface area (Å²) in [6, 6.07) is 0. The van der Waals surface area contributed by atoms with E-state index >= 15 is 0 Å². The minimum Gasteiger partial charge on any atom is -0.380 e. The molecular formula is C12H26N2O. The van der Waals surface area contributed by atoms with E-state index in [4.69, 9.17) is 4.74 Å². The summed E-state index contributed by atoms with van der Waals surface area (Å²) in [7, 11) is 0. The Morgan fingerprint density at radius 3 is 2.13 bits per heavy atom. The van der Waals surface area contributed by atoms with Crippen LogP contribution in [0.1, 0.15) is 27.7 Å². The van der Waals surface area contributed by atoms with Crippen molar-refractivity contribution in [1.29, 1.82) is 0 Å². The molecule has 1 heterocycles. The molecule has 1 rings (SSSR count). The zero-order valence-electron chi connectivity index (χ0n) is 10.8. The van der Waals surface area contributed by atoms with Crippen LogP contribution in [0.25, 0.3) is 0 Å². The van der Waals surface area contributed by atoms with Crippen molar-refractivity contribution < 1.29 is 4.74 Å². The summed E-state index contributed by atoms with van der Waals surface area (Å²) in [5.41, 5.74) is 0.325. The molecule has 1 saturated heterocycles. The molecule has 0 aromatic rings. The highest BCUT2D eigenvalue weighted by Crippen LogP contribution is 2.15. The molecule has 90 valence electrons. The topological polar surface area (TPSA) is 15.7 Å². The number of hydrogen-bond donors (Lipinski definition) is 0. The van der Waals surface area contributed by atoms with Gasteiger partial charge in [0, 0.05) is 44.9 Å². The van der Waals surface area contributed by atoms with E-state index in [1.165, 1.54) is 26.2 Å². The molecule has 0 saturated carbocycles. The van der Waals surface area contributed by atoms with Crippen LogP contribution in [0.3, 0.4) is 0 Å². The minimum absolute atomic E-state index is 0.325. The number of rotatable bonds is 4. The van der Waals surface area contributed by atoms with Crippen molar-refractivity contribution in [3.63, 3.8) is 0 Å². The molecule has 1 aliphatic heterocycles. The first kappa shape index (κ1) is 12.9. The van der Waals surface area contributed by atoms with E-state index in [0.29, 0.717) is 5.54 Å². The second-order valence-corrected chi connectivity index (χ2v) is 5.20. The molecule has 0 aromatic carbocycles. The predicted octanol–water partition coefficient (Wildman–Crippen LogP) is 1.44. The zero-order valence-corrected chi connectivity index (χ0v) is 10.8. The summed E-state index contributed by atoms with van der Waals surface area (Å²) in [5.74, 6) is 0. The van der Waals surface area contributed by atoms with Gasteiger partial charge in [-0.1, -0.05) is 0 Å². The van der Waals surface area contributed by atoms with Crippen LogP contribution in [0.2, 0.25) is 0 Å². The number of hydrogen-bond acceptors (Lipinski definition) is 3. The van der Waals surface area contributed by atoms with E-state index in [0.717, 1.165) is 19.8 Å². The van der Waals surface area contributed by atoms with Crippen LogP contribution in [-0.4, -0.2) is 61.3 Å². The van der Waals surface area contributed by atoms with E-state index in [-0.39, 0.29) is 0 Å². The second kappa shape index (κ2) is 5.83. The lowest BCUT2D eigenvalue weighted by Gasteiger charge is -2.42. The monoisotopic (exact) mass is 214 g/mol. The van der Waals surface area contributed by atoms with Crippen molar-refractivity contribution >= 4 is 0 Å². The molecule has 0 N–H and O–H groups in total. The summed E-state index contributed by atoms with van der Waals surface area (Å²) in [6.07, 6.45) is 0. The normalized spacial score (nSPS) is 20.8. The standard InChI is InChI=1S/C12H26N2O/c1-5-15-11-10-13-6-8-14(9-7-13)12(2,3)4/h5-11H2,1-4H3. The molecule has 0 atom stereocenters. The van der Waals surface area contributed by atoms with Crippen molar-refractivity contribution in [2.24, 2.45) is 0 Å². The van der Waals surface area contributed by atoms with Gasteiger partial charge in [-0.25, -0.2) is 0 Å². The Labute approximate surface area is 94.4 Å². The van der Waals surface area contributed by atoms with E-state index in [1.807, 2.05) is 0 Å². The highest BCUT2D eigenvalue weighted by atomic mass is 16.5. The second-order valence-electron chi connectivity index (χ2n) is 5.20. The summed E-state index contributed by atoms with van der Waals surface area (Å²) >= 11 is 0. The molecule has 1 aliphatic rings. The van der Waals surface area contributed by atoms with E-state index in [1.54, 1.807) is 0 Å². The van der Waals surface area contributed by atoms with Crippen molar-refractivity contribution in [2.75, 3.05) is 45.9 Å². The van der Waals surface area contributed by atoms with Crippen molar-refractivity contribution in [3.05, 3.63) is 0 Å². The number of nitrogens with zero attached hydrogens (tertiary/aromatic N) is 2. The van der Waals surface area contributed by atoms with Crippen LogP contribution >= 0.6 is 0 Å². The fourth-order valence-electron chi connectivity index (χ4n) is 1.98. The fraction of sp³-hybridized carbons (Fsp3) is 1.00. The predicted molar refractivity (Wildman–Crippen MR) is 64.3 cm³/mol. The van der Waals surface area contributed by atoms with E-state index < -0.39 is 0 Å². The van der Waals surface area contributed by atoms with Gasteiger partial charge in [0.15, 0.2) is 0 Å². The minimum atomic E-state index is 0.325. The van der Waals surface area contributed by atoms with Crippen LogP contribution < -0.4 is 0 Å². The van der Waals surface area contributed by atoms with Crippen molar-refractivity contribution in [1.82, 2.24) is 9.80 Å². The summed E-state index contributed by atoms with van der Waals surface area (Å²) in [4.78, 5) is 5.06. The molecule has 15 heavy (non-hydrogen) atoms. The van der Waals surface area contributed by atoms with Gasteiger partial charge < -0.3 is 4.74 Å². The highest BCUT2D eigenvalue weighted by Gasteiger charge is 2.25. The van der Waals surface area contributed by atoms with Crippen LogP contribution in [0, 0.1) is 0 Å². The van der Waals surface area contributed by atoms with Crippen LogP contribution in [0.4, 0.5) is 0 Å². The number of piperazine rings is 1. The first-order valence-electron chi connectivity index (χ1n) is 6.09. The van der Waals surface area contributed by atoms with Crippen molar-refractivity contribution in [3.8, 4) is 0 Å². The molecular weight excluding hydrogens is 188 g/mol. The molecule has 3 nitrogen and oxygen atoms in total. The van der Waals surface area contributed by atoms with Gasteiger partial charge in [-0.15, -0.1) is 0 Å².